The smallest absolute Gasteiger partial charge is 0.339 e. The van der Waals surface area contributed by atoms with Crippen molar-refractivity contribution in [3.8, 4) is 0 Å². The van der Waals surface area contributed by atoms with Crippen LogP contribution in [0, 0.1) is 13.8 Å². The molecular weight excluding hydrogens is 236 g/mol. The van der Waals surface area contributed by atoms with Crippen molar-refractivity contribution in [1.82, 2.24) is 9.97 Å². The molecule has 92 valence electrons. The summed E-state index contributed by atoms with van der Waals surface area (Å²) in [4.78, 5) is 19.8. The SMILES string of the molecule is Cc1nc(C2CCCCS2)nc(C)c1C(=O)O. The number of hydrogen-bond donors (Lipinski definition) is 1. The van der Waals surface area contributed by atoms with Gasteiger partial charge < -0.3 is 5.11 Å². The molecule has 1 aliphatic heterocycles. The lowest BCUT2D eigenvalue weighted by molar-refractivity contribution is 0.0694. The second-order valence-electron chi connectivity index (χ2n) is 4.29. The maximum absolute atomic E-state index is 11.0. The predicted octanol–water partition coefficient (Wildman–Crippen LogP) is 2.75. The lowest BCUT2D eigenvalue weighted by Gasteiger charge is -2.20. The van der Waals surface area contributed by atoms with Gasteiger partial charge in [0.25, 0.3) is 0 Å². The van der Waals surface area contributed by atoms with Crippen molar-refractivity contribution in [2.45, 2.75) is 38.4 Å². The maximum Gasteiger partial charge on any atom is 0.339 e. The van der Waals surface area contributed by atoms with E-state index < -0.39 is 5.97 Å². The zero-order chi connectivity index (χ0) is 12.4. The zero-order valence-electron chi connectivity index (χ0n) is 10.1. The standard InChI is InChI=1S/C12H16N2O2S/c1-7-10(12(15)16)8(2)14-11(13-7)9-5-3-4-6-17-9/h9H,3-6H2,1-2H3,(H,15,16). The molecule has 5 heteroatoms. The van der Waals surface area contributed by atoms with E-state index in [0.717, 1.165) is 18.0 Å². The van der Waals surface area contributed by atoms with Gasteiger partial charge in [0.1, 0.15) is 11.4 Å². The molecule has 0 saturated carbocycles. The molecular formula is C12H16N2O2S. The molecule has 2 heterocycles. The van der Waals surface area contributed by atoms with Crippen LogP contribution < -0.4 is 0 Å². The van der Waals surface area contributed by atoms with Crippen LogP contribution in [0.4, 0.5) is 0 Å². The molecule has 0 radical (unpaired) electrons. The van der Waals surface area contributed by atoms with E-state index in [1.165, 1.54) is 12.8 Å². The van der Waals surface area contributed by atoms with Gasteiger partial charge >= 0.3 is 5.97 Å². The monoisotopic (exact) mass is 252 g/mol. The fraction of sp³-hybridized carbons (Fsp3) is 0.583. The number of thioether (sulfide) groups is 1. The van der Waals surface area contributed by atoms with Crippen molar-refractivity contribution in [3.05, 3.63) is 22.8 Å². The summed E-state index contributed by atoms with van der Waals surface area (Å²) in [6, 6.07) is 0. The third kappa shape index (κ3) is 2.60. The third-order valence-corrected chi connectivity index (χ3v) is 4.34. The lowest BCUT2D eigenvalue weighted by atomic mass is 10.1. The predicted molar refractivity (Wildman–Crippen MR) is 67.5 cm³/mol. The number of nitrogens with zero attached hydrogens (tertiary/aromatic N) is 2. The van der Waals surface area contributed by atoms with Crippen LogP contribution in [0.5, 0.6) is 0 Å². The Balaban J connectivity index is 2.34. The summed E-state index contributed by atoms with van der Waals surface area (Å²) >= 11 is 1.88. The molecule has 1 saturated heterocycles. The van der Waals surface area contributed by atoms with Crippen LogP contribution in [0.1, 0.15) is 52.1 Å². The summed E-state index contributed by atoms with van der Waals surface area (Å²) in [5.74, 6) is 1.00. The summed E-state index contributed by atoms with van der Waals surface area (Å²) < 4.78 is 0. The average molecular weight is 252 g/mol. The zero-order valence-corrected chi connectivity index (χ0v) is 10.9. The van der Waals surface area contributed by atoms with Gasteiger partial charge in [0.2, 0.25) is 0 Å². The Morgan fingerprint density at radius 3 is 2.41 bits per heavy atom. The number of carboxylic acids is 1. The van der Waals surface area contributed by atoms with Crippen LogP contribution >= 0.6 is 11.8 Å². The molecule has 0 aliphatic carbocycles. The third-order valence-electron chi connectivity index (χ3n) is 2.97. The quantitative estimate of drug-likeness (QED) is 0.876. The minimum Gasteiger partial charge on any atom is -0.478 e. The Bertz CT molecular complexity index is 419. The summed E-state index contributed by atoms with van der Waals surface area (Å²) in [5.41, 5.74) is 1.40. The Labute approximate surface area is 105 Å². The minimum atomic E-state index is -0.942. The Morgan fingerprint density at radius 2 is 1.94 bits per heavy atom. The van der Waals surface area contributed by atoms with Crippen molar-refractivity contribution in [1.29, 1.82) is 0 Å². The molecule has 1 unspecified atom stereocenters. The number of hydrogen-bond acceptors (Lipinski definition) is 4. The number of aromatic carboxylic acids is 1. The van der Waals surface area contributed by atoms with E-state index in [0.29, 0.717) is 16.6 Å². The van der Waals surface area contributed by atoms with Gasteiger partial charge in [-0.25, -0.2) is 14.8 Å². The highest BCUT2D eigenvalue weighted by Crippen LogP contribution is 2.36. The highest BCUT2D eigenvalue weighted by molar-refractivity contribution is 7.99. The molecule has 0 aromatic carbocycles. The molecule has 1 N–H and O–H groups in total. The molecule has 1 aliphatic rings. The second kappa shape index (κ2) is 5.04. The van der Waals surface area contributed by atoms with Gasteiger partial charge in [0.15, 0.2) is 0 Å². The first-order chi connectivity index (χ1) is 8.09. The Hall–Kier alpha value is -1.10. The van der Waals surface area contributed by atoms with E-state index in [9.17, 15) is 4.79 Å². The fourth-order valence-corrected chi connectivity index (χ4v) is 3.38. The number of aryl methyl sites for hydroxylation is 2. The second-order valence-corrected chi connectivity index (χ2v) is 5.60. The highest BCUT2D eigenvalue weighted by Gasteiger charge is 2.22. The molecule has 4 nitrogen and oxygen atoms in total. The molecule has 1 aromatic rings. The van der Waals surface area contributed by atoms with Gasteiger partial charge in [0, 0.05) is 0 Å². The molecule has 0 bridgehead atoms. The van der Waals surface area contributed by atoms with Crippen LogP contribution in [0.2, 0.25) is 0 Å². The van der Waals surface area contributed by atoms with Gasteiger partial charge in [-0.3, -0.25) is 0 Å². The average Bonchev–Trinajstić information content (AvgIpc) is 2.28. The van der Waals surface area contributed by atoms with Crippen LogP contribution in [-0.2, 0) is 0 Å². The van der Waals surface area contributed by atoms with Crippen molar-refractivity contribution in [3.63, 3.8) is 0 Å². The molecule has 0 spiro atoms. The van der Waals surface area contributed by atoms with Crippen LogP contribution in [-0.4, -0.2) is 26.8 Å². The normalized spacial score (nSPS) is 20.2. The summed E-state index contributed by atoms with van der Waals surface area (Å²) in [5, 5.41) is 9.40. The van der Waals surface area contributed by atoms with Gasteiger partial charge in [-0.05, 0) is 32.4 Å². The highest BCUT2D eigenvalue weighted by atomic mass is 32.2. The first-order valence-corrected chi connectivity index (χ1v) is 6.84. The summed E-state index contributed by atoms with van der Waals surface area (Å²) in [6.07, 6.45) is 3.56. The molecule has 0 amide bonds. The largest absolute Gasteiger partial charge is 0.478 e. The topological polar surface area (TPSA) is 63.1 Å². The molecule has 1 aromatic heterocycles. The van der Waals surface area contributed by atoms with Crippen molar-refractivity contribution in [2.75, 3.05) is 5.75 Å². The van der Waals surface area contributed by atoms with Crippen molar-refractivity contribution >= 4 is 17.7 Å². The van der Waals surface area contributed by atoms with E-state index in [1.54, 1.807) is 13.8 Å². The van der Waals surface area contributed by atoms with E-state index in [4.69, 9.17) is 5.11 Å². The lowest BCUT2D eigenvalue weighted by Crippen LogP contribution is -2.13. The maximum atomic E-state index is 11.0. The summed E-state index contributed by atoms with van der Waals surface area (Å²) in [6.45, 7) is 3.49. The number of carboxylic acid groups (broad SMARTS) is 1. The minimum absolute atomic E-state index is 0.245. The summed E-state index contributed by atoms with van der Waals surface area (Å²) in [7, 11) is 0. The Kier molecular flexibility index (Phi) is 3.66. The molecule has 17 heavy (non-hydrogen) atoms. The molecule has 1 fully saturated rings. The first kappa shape index (κ1) is 12.4. The van der Waals surface area contributed by atoms with Crippen LogP contribution in [0.25, 0.3) is 0 Å². The van der Waals surface area contributed by atoms with Gasteiger partial charge in [-0.1, -0.05) is 6.42 Å². The molecule has 2 rings (SSSR count). The van der Waals surface area contributed by atoms with Gasteiger partial charge in [-0.15, -0.1) is 0 Å². The van der Waals surface area contributed by atoms with Gasteiger partial charge in [0.05, 0.1) is 16.6 Å². The van der Waals surface area contributed by atoms with Crippen LogP contribution in [0.15, 0.2) is 0 Å². The van der Waals surface area contributed by atoms with Gasteiger partial charge in [-0.2, -0.15) is 11.8 Å². The first-order valence-electron chi connectivity index (χ1n) is 5.79. The van der Waals surface area contributed by atoms with E-state index >= 15 is 0 Å². The number of aromatic nitrogens is 2. The van der Waals surface area contributed by atoms with Crippen molar-refractivity contribution in [2.24, 2.45) is 0 Å². The Morgan fingerprint density at radius 1 is 1.29 bits per heavy atom. The molecule has 1 atom stereocenters. The number of carbonyl (C=O) groups is 1. The van der Waals surface area contributed by atoms with Crippen molar-refractivity contribution < 1.29 is 9.90 Å². The fourth-order valence-electron chi connectivity index (χ4n) is 2.14. The van der Waals surface area contributed by atoms with E-state index in [1.807, 2.05) is 11.8 Å². The van der Waals surface area contributed by atoms with Crippen LogP contribution in [0.3, 0.4) is 0 Å². The van der Waals surface area contributed by atoms with E-state index in [-0.39, 0.29) is 5.56 Å². The number of rotatable bonds is 2. The van der Waals surface area contributed by atoms with E-state index in [2.05, 4.69) is 9.97 Å².